The first-order chi connectivity index (χ1) is 32.7. The Morgan fingerprint density at radius 3 is 1.69 bits per heavy atom. The second kappa shape index (κ2) is 25.5. The fourth-order valence-corrected chi connectivity index (χ4v) is 8.52. The highest BCUT2D eigenvalue weighted by molar-refractivity contribution is 6.00. The van der Waals surface area contributed by atoms with Crippen LogP contribution in [0.5, 0.6) is 0 Å². The molecule has 70 heavy (non-hydrogen) atoms. The van der Waals surface area contributed by atoms with Gasteiger partial charge in [0.2, 0.25) is 41.4 Å². The normalized spacial score (nSPS) is 23.9. The molecule has 1 aliphatic heterocycles. The molecular formula is C52H78N8O10. The van der Waals surface area contributed by atoms with Crippen LogP contribution in [0.15, 0.2) is 60.7 Å². The summed E-state index contributed by atoms with van der Waals surface area (Å²) in [6.07, 6.45) is -1.09. The first-order valence-electron chi connectivity index (χ1n) is 24.2. The summed E-state index contributed by atoms with van der Waals surface area (Å²) >= 11 is 0. The lowest BCUT2D eigenvalue weighted by atomic mass is 9.93. The van der Waals surface area contributed by atoms with Gasteiger partial charge in [-0.15, -0.1) is 0 Å². The largest absolute Gasteiger partial charge is 0.458 e. The standard InChI is InChI=1S/C52H78N8O10/c1-17-32(8)43(60(16)51(68)42(31(6)7)59(15)48(65)37-26-22-19-23-27-37)46(63)55-41-35(11)70-52(69)40(30(4)5)54-44(61)33(9)56(12)47(64)34(10)57(13)49(66)39(29(2)3)53-45(62)38(58(14)50(41)67)28-36-24-20-18-21-25-36/h18-27,29-35,38-43H,17,28H2,1-16H3,(H,53,62)(H,54,61)(H,55,63)/t32-,33-,34-,35+,38-,39-,40-,41-,42-,43?/m0/s1. The van der Waals surface area contributed by atoms with Crippen LogP contribution in [0.1, 0.15) is 98.5 Å². The average Bonchev–Trinajstić information content (AvgIpc) is 3.33. The molecule has 1 saturated heterocycles. The van der Waals surface area contributed by atoms with Gasteiger partial charge < -0.3 is 45.2 Å². The monoisotopic (exact) mass is 975 g/mol. The summed E-state index contributed by atoms with van der Waals surface area (Å²) in [7, 11) is 7.19. The van der Waals surface area contributed by atoms with E-state index in [-0.39, 0.29) is 6.42 Å². The van der Waals surface area contributed by atoms with Crippen LogP contribution in [0.2, 0.25) is 0 Å². The quantitative estimate of drug-likeness (QED) is 0.250. The van der Waals surface area contributed by atoms with Crippen molar-refractivity contribution >= 4 is 53.2 Å². The van der Waals surface area contributed by atoms with E-state index in [4.69, 9.17) is 4.74 Å². The van der Waals surface area contributed by atoms with E-state index in [9.17, 15) is 38.4 Å². The molecule has 1 heterocycles. The Kier molecular flexibility index (Phi) is 21.1. The van der Waals surface area contributed by atoms with Gasteiger partial charge in [-0.2, -0.15) is 0 Å². The molecule has 1 aliphatic rings. The number of carbonyl (C=O) groups is 9. The molecule has 386 valence electrons. The second-order valence-electron chi connectivity index (χ2n) is 19.7. The van der Waals surface area contributed by atoms with Crippen molar-refractivity contribution in [3.05, 3.63) is 71.8 Å². The summed E-state index contributed by atoms with van der Waals surface area (Å²) in [5.41, 5.74) is 1.03. The fraction of sp³-hybridized carbons (Fsp3) is 0.596. The molecule has 2 aromatic rings. The Labute approximate surface area is 414 Å². The zero-order valence-corrected chi connectivity index (χ0v) is 44.0. The Morgan fingerprint density at radius 2 is 1.17 bits per heavy atom. The molecule has 3 N–H and O–H groups in total. The van der Waals surface area contributed by atoms with E-state index in [1.54, 1.807) is 109 Å². The van der Waals surface area contributed by atoms with Crippen LogP contribution in [0.3, 0.4) is 0 Å². The van der Waals surface area contributed by atoms with Crippen molar-refractivity contribution in [1.82, 2.24) is 40.4 Å². The van der Waals surface area contributed by atoms with Gasteiger partial charge in [-0.1, -0.05) is 110 Å². The third kappa shape index (κ3) is 13.9. The van der Waals surface area contributed by atoms with Crippen molar-refractivity contribution in [2.45, 2.75) is 143 Å². The maximum Gasteiger partial charge on any atom is 0.329 e. The van der Waals surface area contributed by atoms with Crippen LogP contribution >= 0.6 is 0 Å². The van der Waals surface area contributed by atoms with Gasteiger partial charge in [0.1, 0.15) is 54.4 Å². The smallest absolute Gasteiger partial charge is 0.329 e. The molecule has 10 atom stereocenters. The number of nitrogens with zero attached hydrogens (tertiary/aromatic N) is 5. The second-order valence-corrected chi connectivity index (χ2v) is 19.7. The molecule has 0 aliphatic carbocycles. The molecule has 1 unspecified atom stereocenters. The molecule has 0 spiro atoms. The van der Waals surface area contributed by atoms with E-state index < -0.39 is 131 Å². The van der Waals surface area contributed by atoms with Crippen molar-refractivity contribution in [2.75, 3.05) is 35.2 Å². The van der Waals surface area contributed by atoms with Gasteiger partial charge in [0.25, 0.3) is 5.91 Å². The van der Waals surface area contributed by atoms with Crippen LogP contribution in [0, 0.1) is 23.7 Å². The number of esters is 1. The summed E-state index contributed by atoms with van der Waals surface area (Å²) < 4.78 is 6.00. The topological polar surface area (TPSA) is 215 Å². The van der Waals surface area contributed by atoms with Crippen molar-refractivity contribution in [3.63, 3.8) is 0 Å². The Hall–Kier alpha value is -6.33. The number of nitrogens with one attached hydrogen (secondary N) is 3. The predicted molar refractivity (Wildman–Crippen MR) is 265 cm³/mol. The van der Waals surface area contributed by atoms with Gasteiger partial charge >= 0.3 is 5.97 Å². The third-order valence-electron chi connectivity index (χ3n) is 13.6. The Balaban J connectivity index is 2.24. The molecule has 0 saturated carbocycles. The van der Waals surface area contributed by atoms with Crippen LogP contribution in [0.4, 0.5) is 0 Å². The number of amides is 8. The van der Waals surface area contributed by atoms with E-state index in [0.29, 0.717) is 17.5 Å². The first-order valence-corrected chi connectivity index (χ1v) is 24.2. The van der Waals surface area contributed by atoms with Crippen LogP contribution in [0.25, 0.3) is 0 Å². The van der Waals surface area contributed by atoms with Crippen molar-refractivity contribution in [2.24, 2.45) is 23.7 Å². The zero-order valence-electron chi connectivity index (χ0n) is 44.0. The van der Waals surface area contributed by atoms with E-state index in [2.05, 4.69) is 16.0 Å². The maximum absolute atomic E-state index is 15.2. The van der Waals surface area contributed by atoms with Crippen molar-refractivity contribution in [3.8, 4) is 0 Å². The number of likely N-dealkylation sites (N-methyl/N-ethyl adjacent to an activating group) is 5. The molecule has 1 fully saturated rings. The highest BCUT2D eigenvalue weighted by Crippen LogP contribution is 2.23. The van der Waals surface area contributed by atoms with E-state index in [0.717, 1.165) is 4.90 Å². The Bertz CT molecular complexity index is 2170. The van der Waals surface area contributed by atoms with Crippen molar-refractivity contribution in [1.29, 1.82) is 0 Å². The molecular weight excluding hydrogens is 897 g/mol. The number of cyclic esters (lactones) is 1. The average molecular weight is 975 g/mol. The highest BCUT2D eigenvalue weighted by atomic mass is 16.5. The van der Waals surface area contributed by atoms with Crippen LogP contribution in [-0.4, -0.2) is 167 Å². The number of hydrogen-bond donors (Lipinski definition) is 3. The number of benzene rings is 2. The lowest BCUT2D eigenvalue weighted by Gasteiger charge is -2.39. The molecule has 8 amide bonds. The minimum atomic E-state index is -1.69. The SMILES string of the molecule is CC[C@H](C)C(C(=O)N[C@@H]1C(=O)N(C)[C@@H](Cc2ccccc2)C(=O)N[C@@H](C(C)C)C(=O)N(C)[C@@H](C)C(=O)N(C)[C@@H](C)C(=O)N[C@@H](C(C)C)C(=O)O[C@@H]1C)N(C)C(=O)[C@H](C(C)C)N(C)C(=O)c1ccccc1. The van der Waals surface area contributed by atoms with E-state index >= 15 is 4.79 Å². The summed E-state index contributed by atoms with van der Waals surface area (Å²) in [5, 5.41) is 8.34. The predicted octanol–water partition coefficient (Wildman–Crippen LogP) is 3.13. The first kappa shape index (κ1) is 58.0. The lowest BCUT2D eigenvalue weighted by Crippen LogP contribution is -2.64. The molecule has 18 nitrogen and oxygen atoms in total. The van der Waals surface area contributed by atoms with Gasteiger partial charge in [-0.3, -0.25) is 38.4 Å². The summed E-state index contributed by atoms with van der Waals surface area (Å²) in [6, 6.07) is 7.47. The number of rotatable bonds is 13. The third-order valence-corrected chi connectivity index (χ3v) is 13.6. The summed E-state index contributed by atoms with van der Waals surface area (Å²) in [4.78, 5) is 135. The number of carbonyl (C=O) groups excluding carboxylic acids is 9. The molecule has 0 bridgehead atoms. The van der Waals surface area contributed by atoms with Gasteiger partial charge in [0.15, 0.2) is 0 Å². The number of ether oxygens (including phenoxy) is 1. The molecule has 0 radical (unpaired) electrons. The van der Waals surface area contributed by atoms with Gasteiger partial charge in [0.05, 0.1) is 0 Å². The lowest BCUT2D eigenvalue weighted by molar-refractivity contribution is -0.160. The van der Waals surface area contributed by atoms with Gasteiger partial charge in [0, 0.05) is 47.2 Å². The fourth-order valence-electron chi connectivity index (χ4n) is 8.52. The van der Waals surface area contributed by atoms with Gasteiger partial charge in [-0.05, 0) is 62.1 Å². The molecule has 3 rings (SSSR count). The molecule has 2 aromatic carbocycles. The van der Waals surface area contributed by atoms with Crippen molar-refractivity contribution < 1.29 is 47.9 Å². The zero-order chi connectivity index (χ0) is 53.1. The minimum Gasteiger partial charge on any atom is -0.458 e. The summed E-state index contributed by atoms with van der Waals surface area (Å²) in [6.45, 7) is 18.4. The summed E-state index contributed by atoms with van der Waals surface area (Å²) in [5.74, 6) is -8.07. The van der Waals surface area contributed by atoms with E-state index in [1.165, 1.54) is 75.6 Å². The number of hydrogen-bond acceptors (Lipinski definition) is 10. The van der Waals surface area contributed by atoms with Crippen LogP contribution < -0.4 is 16.0 Å². The van der Waals surface area contributed by atoms with E-state index in [1.807, 2.05) is 6.92 Å². The highest BCUT2D eigenvalue weighted by Gasteiger charge is 2.44. The minimum absolute atomic E-state index is 0.0455. The maximum atomic E-state index is 15.2. The van der Waals surface area contributed by atoms with Crippen LogP contribution in [-0.2, 0) is 49.5 Å². The molecule has 18 heteroatoms. The van der Waals surface area contributed by atoms with Gasteiger partial charge in [-0.25, -0.2) is 4.79 Å². The molecule has 0 aromatic heterocycles. The Morgan fingerprint density at radius 1 is 0.657 bits per heavy atom.